The highest BCUT2D eigenvalue weighted by Crippen LogP contribution is 2.20. The molecule has 118 valence electrons. The van der Waals surface area contributed by atoms with Gasteiger partial charge in [0, 0.05) is 19.3 Å². The van der Waals surface area contributed by atoms with Crippen LogP contribution in [0.25, 0.3) is 0 Å². The molecule has 0 saturated heterocycles. The summed E-state index contributed by atoms with van der Waals surface area (Å²) in [7, 11) is 3.44. The van der Waals surface area contributed by atoms with Gasteiger partial charge in [0.05, 0.1) is 7.11 Å². The molecule has 0 saturated carbocycles. The summed E-state index contributed by atoms with van der Waals surface area (Å²) >= 11 is 0. The van der Waals surface area contributed by atoms with E-state index in [1.807, 2.05) is 14.0 Å². The lowest BCUT2D eigenvalue weighted by Crippen LogP contribution is -2.57. The third-order valence-electron chi connectivity index (χ3n) is 3.60. The molecule has 0 aliphatic carbocycles. The Kier molecular flexibility index (Phi) is 6.21. The van der Waals surface area contributed by atoms with Crippen molar-refractivity contribution in [2.24, 2.45) is 0 Å². The second-order valence-electron chi connectivity index (χ2n) is 5.95. The third kappa shape index (κ3) is 4.74. The molecule has 0 aliphatic rings. The van der Waals surface area contributed by atoms with Gasteiger partial charge in [0.2, 0.25) is 0 Å². The minimum absolute atomic E-state index is 0.229. The molecule has 4 heteroatoms. The molecule has 0 spiro atoms. The number of hydrogen-bond donors (Lipinski definition) is 1. The molecule has 0 bridgehead atoms. The number of esters is 1. The molecule has 4 nitrogen and oxygen atoms in total. The van der Waals surface area contributed by atoms with Crippen molar-refractivity contribution in [2.45, 2.75) is 39.7 Å². The second-order valence-corrected chi connectivity index (χ2v) is 5.95. The first-order valence-electron chi connectivity index (χ1n) is 7.45. The number of methoxy groups -OCH3 is 1. The molecule has 0 radical (unpaired) electrons. The van der Waals surface area contributed by atoms with Gasteiger partial charge in [0.15, 0.2) is 0 Å². The van der Waals surface area contributed by atoms with Gasteiger partial charge in [-0.1, -0.05) is 13.0 Å². The predicted molar refractivity (Wildman–Crippen MR) is 87.9 cm³/mol. The van der Waals surface area contributed by atoms with Gasteiger partial charge in [0.25, 0.3) is 0 Å². The maximum Gasteiger partial charge on any atom is 0.327 e. The Balaban J connectivity index is 2.93. The molecule has 21 heavy (non-hydrogen) atoms. The first-order chi connectivity index (χ1) is 9.82. The molecular weight excluding hydrogens is 264 g/mol. The van der Waals surface area contributed by atoms with Crippen LogP contribution in [0.4, 0.5) is 5.69 Å². The summed E-state index contributed by atoms with van der Waals surface area (Å²) in [5.74, 6) is -0.229. The van der Waals surface area contributed by atoms with E-state index in [-0.39, 0.29) is 5.97 Å². The number of nitrogens with one attached hydrogen (secondary N) is 1. The molecular formula is C17H28N2O2. The zero-order valence-corrected chi connectivity index (χ0v) is 14.1. The van der Waals surface area contributed by atoms with Gasteiger partial charge in [-0.3, -0.25) is 0 Å². The third-order valence-corrected chi connectivity index (χ3v) is 3.60. The Morgan fingerprint density at radius 2 is 1.86 bits per heavy atom. The number of anilines is 1. The van der Waals surface area contributed by atoms with E-state index in [0.29, 0.717) is 6.54 Å². The zero-order valence-electron chi connectivity index (χ0n) is 14.1. The fourth-order valence-corrected chi connectivity index (χ4v) is 2.56. The number of benzene rings is 1. The number of nitrogens with zero attached hydrogens (tertiary/aromatic N) is 1. The van der Waals surface area contributed by atoms with Crippen LogP contribution in [-0.2, 0) is 9.53 Å². The Morgan fingerprint density at radius 1 is 1.29 bits per heavy atom. The van der Waals surface area contributed by atoms with E-state index in [1.54, 1.807) is 0 Å². The Morgan fingerprint density at radius 3 is 2.33 bits per heavy atom. The van der Waals surface area contributed by atoms with Crippen molar-refractivity contribution in [3.63, 3.8) is 0 Å². The monoisotopic (exact) mass is 292 g/mol. The molecule has 1 atom stereocenters. The lowest BCUT2D eigenvalue weighted by atomic mass is 10.0. The molecule has 1 rings (SSSR count). The number of aryl methyl sites for hydroxylation is 2. The minimum Gasteiger partial charge on any atom is -0.468 e. The number of hydrogen-bond acceptors (Lipinski definition) is 4. The first-order valence-corrected chi connectivity index (χ1v) is 7.45. The van der Waals surface area contributed by atoms with E-state index in [9.17, 15) is 4.79 Å². The van der Waals surface area contributed by atoms with Crippen LogP contribution in [0, 0.1) is 13.8 Å². The van der Waals surface area contributed by atoms with E-state index in [2.05, 4.69) is 49.2 Å². The molecule has 1 aromatic carbocycles. The zero-order chi connectivity index (χ0) is 16.0. The minimum atomic E-state index is -0.711. The van der Waals surface area contributed by atoms with Crippen molar-refractivity contribution >= 4 is 11.7 Å². The standard InChI is InChI=1S/C17H28N2O2/c1-7-8-18-17(4,16(20)21-6)12-19(5)15-10-13(2)9-14(3)11-15/h9-11,18H,7-8,12H2,1-6H3. The second kappa shape index (κ2) is 7.46. The number of ether oxygens (including phenoxy) is 1. The van der Waals surface area contributed by atoms with Crippen molar-refractivity contribution in [2.75, 3.05) is 32.1 Å². The van der Waals surface area contributed by atoms with Crippen LogP contribution in [0.5, 0.6) is 0 Å². The molecule has 0 aromatic heterocycles. The largest absolute Gasteiger partial charge is 0.468 e. The average molecular weight is 292 g/mol. The van der Waals surface area contributed by atoms with E-state index in [0.717, 1.165) is 18.7 Å². The summed E-state index contributed by atoms with van der Waals surface area (Å²) in [6.07, 6.45) is 0.972. The van der Waals surface area contributed by atoms with Gasteiger partial charge in [-0.05, 0) is 57.0 Å². The quantitative estimate of drug-likeness (QED) is 0.785. The maximum absolute atomic E-state index is 12.1. The molecule has 0 aliphatic heterocycles. The van der Waals surface area contributed by atoms with Crippen molar-refractivity contribution < 1.29 is 9.53 Å². The summed E-state index contributed by atoms with van der Waals surface area (Å²) in [5, 5.41) is 3.31. The normalized spacial score (nSPS) is 13.6. The maximum atomic E-state index is 12.1. The Hall–Kier alpha value is -1.55. The van der Waals surface area contributed by atoms with Gasteiger partial charge in [-0.2, -0.15) is 0 Å². The van der Waals surface area contributed by atoms with E-state index < -0.39 is 5.54 Å². The lowest BCUT2D eigenvalue weighted by Gasteiger charge is -2.33. The molecule has 0 amide bonds. The molecule has 0 fully saturated rings. The van der Waals surface area contributed by atoms with E-state index in [4.69, 9.17) is 4.74 Å². The van der Waals surface area contributed by atoms with Gasteiger partial charge < -0.3 is 15.0 Å². The highest BCUT2D eigenvalue weighted by atomic mass is 16.5. The van der Waals surface area contributed by atoms with Crippen LogP contribution in [0.15, 0.2) is 18.2 Å². The number of carbonyl (C=O) groups is 1. The summed E-state index contributed by atoms with van der Waals surface area (Å²) in [6.45, 7) is 9.49. The average Bonchev–Trinajstić information content (AvgIpc) is 2.43. The van der Waals surface area contributed by atoms with Crippen molar-refractivity contribution in [1.29, 1.82) is 0 Å². The molecule has 1 aromatic rings. The first kappa shape index (κ1) is 17.5. The SMILES string of the molecule is CCCNC(C)(CN(C)c1cc(C)cc(C)c1)C(=O)OC. The Bertz CT molecular complexity index is 467. The smallest absolute Gasteiger partial charge is 0.327 e. The highest BCUT2D eigenvalue weighted by Gasteiger charge is 2.35. The number of carbonyl (C=O) groups excluding carboxylic acids is 1. The van der Waals surface area contributed by atoms with Gasteiger partial charge in [0.1, 0.15) is 5.54 Å². The fraction of sp³-hybridized carbons (Fsp3) is 0.588. The predicted octanol–water partition coefficient (Wildman–Crippen LogP) is 2.67. The lowest BCUT2D eigenvalue weighted by molar-refractivity contribution is -0.147. The van der Waals surface area contributed by atoms with E-state index in [1.165, 1.54) is 18.2 Å². The number of rotatable bonds is 7. The van der Waals surface area contributed by atoms with E-state index >= 15 is 0 Å². The summed E-state index contributed by atoms with van der Waals surface area (Å²) in [6, 6.07) is 6.40. The van der Waals surface area contributed by atoms with Gasteiger partial charge >= 0.3 is 5.97 Å². The van der Waals surface area contributed by atoms with Gasteiger partial charge in [-0.25, -0.2) is 4.79 Å². The van der Waals surface area contributed by atoms with Crippen LogP contribution in [0.1, 0.15) is 31.4 Å². The van der Waals surface area contributed by atoms with Crippen LogP contribution >= 0.6 is 0 Å². The molecule has 1 unspecified atom stereocenters. The van der Waals surface area contributed by atoms with Crippen LogP contribution in [-0.4, -0.2) is 38.8 Å². The topological polar surface area (TPSA) is 41.6 Å². The Labute approximate surface area is 128 Å². The van der Waals surface area contributed by atoms with Crippen LogP contribution in [0.3, 0.4) is 0 Å². The van der Waals surface area contributed by atoms with Gasteiger partial charge in [-0.15, -0.1) is 0 Å². The fourth-order valence-electron chi connectivity index (χ4n) is 2.56. The molecule has 1 N–H and O–H groups in total. The van der Waals surface area contributed by atoms with Crippen molar-refractivity contribution in [3.8, 4) is 0 Å². The summed E-state index contributed by atoms with van der Waals surface area (Å²) in [4.78, 5) is 14.2. The summed E-state index contributed by atoms with van der Waals surface area (Å²) in [5.41, 5.74) is 2.84. The van der Waals surface area contributed by atoms with Crippen LogP contribution < -0.4 is 10.2 Å². The van der Waals surface area contributed by atoms with Crippen LogP contribution in [0.2, 0.25) is 0 Å². The summed E-state index contributed by atoms with van der Waals surface area (Å²) < 4.78 is 4.97. The highest BCUT2D eigenvalue weighted by molar-refractivity contribution is 5.81. The van der Waals surface area contributed by atoms with Crippen molar-refractivity contribution in [1.82, 2.24) is 5.32 Å². The van der Waals surface area contributed by atoms with Crippen molar-refractivity contribution in [3.05, 3.63) is 29.3 Å². The number of likely N-dealkylation sites (N-methyl/N-ethyl adjacent to an activating group) is 1. The molecule has 0 heterocycles.